The van der Waals surface area contributed by atoms with Crippen molar-refractivity contribution in [3.63, 3.8) is 0 Å². The Morgan fingerprint density at radius 2 is 1.70 bits per heavy atom. The van der Waals surface area contributed by atoms with Gasteiger partial charge in [0.25, 0.3) is 0 Å². The Morgan fingerprint density at radius 1 is 1.00 bits per heavy atom. The van der Waals surface area contributed by atoms with Gasteiger partial charge in [0.05, 0.1) is 25.6 Å². The van der Waals surface area contributed by atoms with E-state index in [1.54, 1.807) is 50.6 Å². The van der Waals surface area contributed by atoms with Crippen LogP contribution in [0.3, 0.4) is 0 Å². The molecule has 2 aromatic carbocycles. The summed E-state index contributed by atoms with van der Waals surface area (Å²) in [4.78, 5) is 12.9. The molecular formula is C15H16N2O3. The van der Waals surface area contributed by atoms with Crippen LogP contribution in [0.2, 0.25) is 0 Å². The second-order valence-corrected chi connectivity index (χ2v) is 4.11. The lowest BCUT2D eigenvalue weighted by molar-refractivity contribution is -0.106. The molecule has 0 aromatic heterocycles. The van der Waals surface area contributed by atoms with Gasteiger partial charge in [-0.3, -0.25) is 9.69 Å². The molecule has 0 bridgehead atoms. The second-order valence-electron chi connectivity index (χ2n) is 4.11. The first-order chi connectivity index (χ1) is 9.69. The zero-order valence-corrected chi connectivity index (χ0v) is 11.4. The van der Waals surface area contributed by atoms with E-state index in [0.717, 1.165) is 6.41 Å². The summed E-state index contributed by atoms with van der Waals surface area (Å²) in [6.07, 6.45) is 0.732. The molecule has 0 saturated carbocycles. The van der Waals surface area contributed by atoms with Gasteiger partial charge in [0.15, 0.2) is 11.5 Å². The zero-order chi connectivity index (χ0) is 14.5. The number of amides is 1. The molecule has 0 spiro atoms. The minimum atomic E-state index is 0.556. The molecule has 5 nitrogen and oxygen atoms in total. The minimum Gasteiger partial charge on any atom is -0.493 e. The third-order valence-electron chi connectivity index (χ3n) is 2.90. The number of hydrogen-bond acceptors (Lipinski definition) is 4. The zero-order valence-electron chi connectivity index (χ0n) is 11.4. The molecule has 20 heavy (non-hydrogen) atoms. The SMILES string of the molecule is COc1ccc(N(C=O)c2cccc(N)c2)cc1OC. The van der Waals surface area contributed by atoms with Gasteiger partial charge in [-0.15, -0.1) is 0 Å². The summed E-state index contributed by atoms with van der Waals surface area (Å²) in [5.41, 5.74) is 7.69. The molecule has 1 amide bonds. The Hall–Kier alpha value is -2.69. The standard InChI is InChI=1S/C15H16N2O3/c1-19-14-7-6-13(9-15(14)20-2)17(10-18)12-5-3-4-11(16)8-12/h3-10H,16H2,1-2H3. The van der Waals surface area contributed by atoms with Crippen LogP contribution < -0.4 is 20.1 Å². The molecule has 0 atom stereocenters. The summed E-state index contributed by atoms with van der Waals surface area (Å²) in [5.74, 6) is 1.16. The number of benzene rings is 2. The number of ether oxygens (including phenoxy) is 2. The summed E-state index contributed by atoms with van der Waals surface area (Å²) < 4.78 is 10.4. The van der Waals surface area contributed by atoms with Crippen LogP contribution in [0.15, 0.2) is 42.5 Å². The van der Waals surface area contributed by atoms with Crippen molar-refractivity contribution in [3.05, 3.63) is 42.5 Å². The first kappa shape index (κ1) is 13.7. The summed E-state index contributed by atoms with van der Waals surface area (Å²) in [6.45, 7) is 0. The maximum absolute atomic E-state index is 11.4. The third-order valence-corrected chi connectivity index (χ3v) is 2.90. The molecule has 0 saturated heterocycles. The summed E-state index contributed by atoms with van der Waals surface area (Å²) in [5, 5.41) is 0. The van der Waals surface area contributed by atoms with Crippen molar-refractivity contribution in [2.24, 2.45) is 0 Å². The molecule has 0 heterocycles. The first-order valence-electron chi connectivity index (χ1n) is 6.01. The molecule has 5 heteroatoms. The van der Waals surface area contributed by atoms with Crippen LogP contribution in [0, 0.1) is 0 Å². The Labute approximate surface area is 117 Å². The molecule has 0 aliphatic rings. The normalized spacial score (nSPS) is 9.90. The topological polar surface area (TPSA) is 64.8 Å². The van der Waals surface area contributed by atoms with Gasteiger partial charge in [0.1, 0.15) is 0 Å². The average Bonchev–Trinajstić information content (AvgIpc) is 2.48. The van der Waals surface area contributed by atoms with Crippen molar-refractivity contribution < 1.29 is 14.3 Å². The van der Waals surface area contributed by atoms with Crippen LogP contribution >= 0.6 is 0 Å². The van der Waals surface area contributed by atoms with E-state index in [0.29, 0.717) is 28.6 Å². The van der Waals surface area contributed by atoms with Crippen LogP contribution in [0.4, 0.5) is 17.1 Å². The molecule has 2 aromatic rings. The van der Waals surface area contributed by atoms with Gasteiger partial charge in [-0.05, 0) is 30.3 Å². The smallest absolute Gasteiger partial charge is 0.218 e. The number of nitrogens with two attached hydrogens (primary N) is 1. The predicted octanol–water partition coefficient (Wildman–Crippen LogP) is 2.58. The quantitative estimate of drug-likeness (QED) is 0.671. The maximum atomic E-state index is 11.4. The van der Waals surface area contributed by atoms with E-state index < -0.39 is 0 Å². The van der Waals surface area contributed by atoms with Gasteiger partial charge in [-0.25, -0.2) is 0 Å². The van der Waals surface area contributed by atoms with Crippen LogP contribution in [0.5, 0.6) is 11.5 Å². The van der Waals surface area contributed by atoms with Gasteiger partial charge < -0.3 is 15.2 Å². The van der Waals surface area contributed by atoms with Crippen LogP contribution in [0.1, 0.15) is 0 Å². The van der Waals surface area contributed by atoms with Crippen LogP contribution in [0.25, 0.3) is 0 Å². The van der Waals surface area contributed by atoms with Crippen molar-refractivity contribution in [3.8, 4) is 11.5 Å². The predicted molar refractivity (Wildman–Crippen MR) is 78.6 cm³/mol. The second kappa shape index (κ2) is 5.97. The number of hydrogen-bond donors (Lipinski definition) is 1. The van der Waals surface area contributed by atoms with E-state index in [1.165, 1.54) is 4.90 Å². The molecule has 0 aliphatic heterocycles. The number of nitrogen functional groups attached to an aromatic ring is 1. The molecule has 2 rings (SSSR count). The highest BCUT2D eigenvalue weighted by molar-refractivity contribution is 5.87. The Morgan fingerprint density at radius 3 is 2.30 bits per heavy atom. The summed E-state index contributed by atoms with van der Waals surface area (Å²) in [7, 11) is 3.11. The average molecular weight is 272 g/mol. The molecule has 0 fully saturated rings. The van der Waals surface area contributed by atoms with E-state index in [2.05, 4.69) is 0 Å². The fourth-order valence-electron chi connectivity index (χ4n) is 1.92. The van der Waals surface area contributed by atoms with Gasteiger partial charge in [-0.1, -0.05) is 6.07 Å². The van der Waals surface area contributed by atoms with E-state index >= 15 is 0 Å². The molecular weight excluding hydrogens is 256 g/mol. The molecule has 0 aliphatic carbocycles. The molecule has 2 N–H and O–H groups in total. The van der Waals surface area contributed by atoms with E-state index in [-0.39, 0.29) is 0 Å². The van der Waals surface area contributed by atoms with E-state index in [4.69, 9.17) is 15.2 Å². The lowest BCUT2D eigenvalue weighted by atomic mass is 10.2. The van der Waals surface area contributed by atoms with Crippen LogP contribution in [-0.4, -0.2) is 20.6 Å². The summed E-state index contributed by atoms with van der Waals surface area (Å²) in [6, 6.07) is 12.3. The fourth-order valence-corrected chi connectivity index (χ4v) is 1.92. The van der Waals surface area contributed by atoms with Crippen molar-refractivity contribution in [2.75, 3.05) is 24.9 Å². The Bertz CT molecular complexity index is 614. The number of nitrogens with zero attached hydrogens (tertiary/aromatic N) is 1. The van der Waals surface area contributed by atoms with Crippen molar-refractivity contribution in [1.82, 2.24) is 0 Å². The van der Waals surface area contributed by atoms with Gasteiger partial charge in [-0.2, -0.15) is 0 Å². The highest BCUT2D eigenvalue weighted by atomic mass is 16.5. The van der Waals surface area contributed by atoms with Gasteiger partial charge >= 0.3 is 0 Å². The Balaban J connectivity index is 2.44. The largest absolute Gasteiger partial charge is 0.493 e. The number of anilines is 3. The first-order valence-corrected chi connectivity index (χ1v) is 6.01. The number of carbonyl (C=O) groups excluding carboxylic acids is 1. The number of carbonyl (C=O) groups is 1. The van der Waals surface area contributed by atoms with Crippen molar-refractivity contribution >= 4 is 23.5 Å². The van der Waals surface area contributed by atoms with Crippen LogP contribution in [-0.2, 0) is 4.79 Å². The lowest BCUT2D eigenvalue weighted by Gasteiger charge is -2.19. The third kappa shape index (κ3) is 2.66. The molecule has 104 valence electrons. The summed E-state index contributed by atoms with van der Waals surface area (Å²) >= 11 is 0. The van der Waals surface area contributed by atoms with Crippen molar-refractivity contribution in [1.29, 1.82) is 0 Å². The Kier molecular flexibility index (Phi) is 4.10. The number of methoxy groups -OCH3 is 2. The lowest BCUT2D eigenvalue weighted by Crippen LogP contribution is -2.14. The number of rotatable bonds is 5. The van der Waals surface area contributed by atoms with E-state index in [1.807, 2.05) is 6.07 Å². The monoisotopic (exact) mass is 272 g/mol. The molecule has 0 radical (unpaired) electrons. The maximum Gasteiger partial charge on any atom is 0.218 e. The molecule has 0 unspecified atom stereocenters. The van der Waals surface area contributed by atoms with E-state index in [9.17, 15) is 4.79 Å². The fraction of sp³-hybridized carbons (Fsp3) is 0.133. The van der Waals surface area contributed by atoms with Crippen molar-refractivity contribution in [2.45, 2.75) is 0 Å². The highest BCUT2D eigenvalue weighted by Gasteiger charge is 2.12. The van der Waals surface area contributed by atoms with Gasteiger partial charge in [0, 0.05) is 11.8 Å². The minimum absolute atomic E-state index is 0.556. The highest BCUT2D eigenvalue weighted by Crippen LogP contribution is 2.34. The van der Waals surface area contributed by atoms with Gasteiger partial charge in [0.2, 0.25) is 6.41 Å².